The highest BCUT2D eigenvalue weighted by Crippen LogP contribution is 2.19. The summed E-state index contributed by atoms with van der Waals surface area (Å²) < 4.78 is 10.8. The second kappa shape index (κ2) is 9.69. The molecule has 2 rings (SSSR count). The van der Waals surface area contributed by atoms with Crippen LogP contribution >= 0.6 is 0 Å². The Hall–Kier alpha value is -2.53. The van der Waals surface area contributed by atoms with Crippen LogP contribution in [0.3, 0.4) is 0 Å². The number of aryl methyl sites for hydroxylation is 2. The van der Waals surface area contributed by atoms with Crippen LogP contribution in [-0.4, -0.2) is 32.3 Å². The molecule has 25 heavy (non-hydrogen) atoms. The molecular weight excluding hydrogens is 316 g/mol. The van der Waals surface area contributed by atoms with Crippen LogP contribution in [-0.2, 0) is 9.53 Å². The summed E-state index contributed by atoms with van der Waals surface area (Å²) in [5, 5.41) is 6.07. The molecule has 0 bridgehead atoms. The molecule has 0 aliphatic rings. The van der Waals surface area contributed by atoms with Gasteiger partial charge < -0.3 is 20.1 Å². The van der Waals surface area contributed by atoms with Crippen molar-refractivity contribution < 1.29 is 14.3 Å². The summed E-state index contributed by atoms with van der Waals surface area (Å²) in [5.41, 5.74) is 3.87. The van der Waals surface area contributed by atoms with Gasteiger partial charge in [0.1, 0.15) is 12.4 Å². The Morgan fingerprint density at radius 1 is 1.00 bits per heavy atom. The lowest BCUT2D eigenvalue weighted by atomic mass is 10.1. The molecule has 2 aromatic carbocycles. The van der Waals surface area contributed by atoms with Gasteiger partial charge in [0.25, 0.3) is 0 Å². The summed E-state index contributed by atoms with van der Waals surface area (Å²) in [6.07, 6.45) is 0. The number of carbonyl (C=O) groups excluding carboxylic acids is 1. The molecule has 0 aliphatic carbocycles. The number of para-hydroxylation sites is 1. The van der Waals surface area contributed by atoms with Crippen LogP contribution in [0.5, 0.6) is 5.75 Å². The van der Waals surface area contributed by atoms with Gasteiger partial charge in [-0.2, -0.15) is 0 Å². The third-order valence-electron chi connectivity index (χ3n) is 3.75. The zero-order valence-corrected chi connectivity index (χ0v) is 15.1. The minimum Gasteiger partial charge on any atom is -0.491 e. The molecule has 0 saturated carbocycles. The van der Waals surface area contributed by atoms with Crippen molar-refractivity contribution in [3.63, 3.8) is 0 Å². The van der Waals surface area contributed by atoms with Crippen molar-refractivity contribution in [2.24, 2.45) is 0 Å². The number of hydrogen-bond donors (Lipinski definition) is 2. The molecule has 0 spiro atoms. The van der Waals surface area contributed by atoms with E-state index in [4.69, 9.17) is 9.47 Å². The number of rotatable bonds is 9. The van der Waals surface area contributed by atoms with Crippen molar-refractivity contribution in [3.05, 3.63) is 53.6 Å². The fourth-order valence-corrected chi connectivity index (χ4v) is 2.41. The summed E-state index contributed by atoms with van der Waals surface area (Å²) in [6.45, 7) is 7.93. The van der Waals surface area contributed by atoms with Crippen molar-refractivity contribution in [2.75, 3.05) is 37.0 Å². The monoisotopic (exact) mass is 342 g/mol. The standard InChI is InChI=1S/C20H26N2O3/c1-4-24-12-13-25-18-10-8-17(9-11-18)21-14-19(23)22-20-15(2)6-5-7-16(20)3/h5-11,21H,4,12-14H2,1-3H3,(H,22,23). The Labute approximate surface area is 149 Å². The summed E-state index contributed by atoms with van der Waals surface area (Å²) in [7, 11) is 0. The number of benzene rings is 2. The van der Waals surface area contributed by atoms with E-state index in [2.05, 4.69) is 10.6 Å². The van der Waals surface area contributed by atoms with Gasteiger partial charge in [0.2, 0.25) is 5.91 Å². The second-order valence-corrected chi connectivity index (χ2v) is 5.74. The maximum Gasteiger partial charge on any atom is 0.243 e. The SMILES string of the molecule is CCOCCOc1ccc(NCC(=O)Nc2c(C)cccc2C)cc1. The molecule has 134 valence electrons. The Morgan fingerprint density at radius 3 is 2.32 bits per heavy atom. The highest BCUT2D eigenvalue weighted by molar-refractivity contribution is 5.95. The number of amides is 1. The van der Waals surface area contributed by atoms with Gasteiger partial charge in [-0.25, -0.2) is 0 Å². The van der Waals surface area contributed by atoms with Crippen molar-refractivity contribution in [1.82, 2.24) is 0 Å². The molecule has 0 saturated heterocycles. The molecule has 0 heterocycles. The van der Waals surface area contributed by atoms with Crippen LogP contribution in [0.25, 0.3) is 0 Å². The van der Waals surface area contributed by atoms with E-state index in [1.807, 2.05) is 63.2 Å². The zero-order valence-electron chi connectivity index (χ0n) is 15.1. The van der Waals surface area contributed by atoms with Gasteiger partial charge in [-0.15, -0.1) is 0 Å². The first-order valence-corrected chi connectivity index (χ1v) is 8.50. The highest BCUT2D eigenvalue weighted by Gasteiger charge is 2.07. The maximum atomic E-state index is 12.1. The van der Waals surface area contributed by atoms with Crippen molar-refractivity contribution in [3.8, 4) is 5.75 Å². The molecule has 2 N–H and O–H groups in total. The van der Waals surface area contributed by atoms with E-state index in [1.165, 1.54) is 0 Å². The number of nitrogens with one attached hydrogen (secondary N) is 2. The fourth-order valence-electron chi connectivity index (χ4n) is 2.41. The highest BCUT2D eigenvalue weighted by atomic mass is 16.5. The number of carbonyl (C=O) groups is 1. The summed E-state index contributed by atoms with van der Waals surface area (Å²) in [5.74, 6) is 0.708. The molecule has 0 aromatic heterocycles. The summed E-state index contributed by atoms with van der Waals surface area (Å²) in [6, 6.07) is 13.5. The van der Waals surface area contributed by atoms with Gasteiger partial charge in [-0.05, 0) is 56.2 Å². The first kappa shape index (κ1) is 18.8. The Morgan fingerprint density at radius 2 is 1.68 bits per heavy atom. The van der Waals surface area contributed by atoms with E-state index in [-0.39, 0.29) is 12.5 Å². The molecular formula is C20H26N2O3. The summed E-state index contributed by atoms with van der Waals surface area (Å²) >= 11 is 0. The van der Waals surface area contributed by atoms with Crippen molar-refractivity contribution >= 4 is 17.3 Å². The van der Waals surface area contributed by atoms with Gasteiger partial charge in [-0.3, -0.25) is 4.79 Å². The zero-order chi connectivity index (χ0) is 18.1. The van der Waals surface area contributed by atoms with Gasteiger partial charge in [0, 0.05) is 18.0 Å². The van der Waals surface area contributed by atoms with Crippen LogP contribution < -0.4 is 15.4 Å². The largest absolute Gasteiger partial charge is 0.491 e. The normalized spacial score (nSPS) is 10.4. The topological polar surface area (TPSA) is 59.6 Å². The molecule has 0 atom stereocenters. The van der Waals surface area contributed by atoms with Gasteiger partial charge >= 0.3 is 0 Å². The van der Waals surface area contributed by atoms with Gasteiger partial charge in [0.05, 0.1) is 13.2 Å². The van der Waals surface area contributed by atoms with Crippen molar-refractivity contribution in [2.45, 2.75) is 20.8 Å². The van der Waals surface area contributed by atoms with E-state index in [9.17, 15) is 4.79 Å². The van der Waals surface area contributed by atoms with E-state index in [0.29, 0.717) is 19.8 Å². The first-order valence-electron chi connectivity index (χ1n) is 8.50. The van der Waals surface area contributed by atoms with E-state index in [1.54, 1.807) is 0 Å². The minimum absolute atomic E-state index is 0.0746. The van der Waals surface area contributed by atoms with Crippen LogP contribution in [0.2, 0.25) is 0 Å². The third-order valence-corrected chi connectivity index (χ3v) is 3.75. The van der Waals surface area contributed by atoms with Crippen LogP contribution in [0.15, 0.2) is 42.5 Å². The molecule has 5 nitrogen and oxygen atoms in total. The second-order valence-electron chi connectivity index (χ2n) is 5.74. The molecule has 0 fully saturated rings. The number of hydrogen-bond acceptors (Lipinski definition) is 4. The molecule has 0 radical (unpaired) electrons. The smallest absolute Gasteiger partial charge is 0.243 e. The fraction of sp³-hybridized carbons (Fsp3) is 0.350. The van der Waals surface area contributed by atoms with Crippen LogP contribution in [0.1, 0.15) is 18.1 Å². The summed E-state index contributed by atoms with van der Waals surface area (Å²) in [4.78, 5) is 12.1. The van der Waals surface area contributed by atoms with E-state index < -0.39 is 0 Å². The Kier molecular flexibility index (Phi) is 7.29. The van der Waals surface area contributed by atoms with Gasteiger partial charge in [0.15, 0.2) is 0 Å². The molecule has 1 amide bonds. The Bertz CT molecular complexity index is 664. The number of anilines is 2. The predicted molar refractivity (Wildman–Crippen MR) is 101 cm³/mol. The Balaban J connectivity index is 1.79. The predicted octanol–water partition coefficient (Wildman–Crippen LogP) is 3.77. The lowest BCUT2D eigenvalue weighted by molar-refractivity contribution is -0.114. The third kappa shape index (κ3) is 6.12. The average molecular weight is 342 g/mol. The van der Waals surface area contributed by atoms with E-state index in [0.717, 1.165) is 28.3 Å². The van der Waals surface area contributed by atoms with E-state index >= 15 is 0 Å². The lowest BCUT2D eigenvalue weighted by Crippen LogP contribution is -2.22. The quantitative estimate of drug-likeness (QED) is 0.681. The van der Waals surface area contributed by atoms with Crippen LogP contribution in [0.4, 0.5) is 11.4 Å². The van der Waals surface area contributed by atoms with Gasteiger partial charge in [-0.1, -0.05) is 18.2 Å². The molecule has 5 heteroatoms. The molecule has 2 aromatic rings. The van der Waals surface area contributed by atoms with Crippen LogP contribution in [0, 0.1) is 13.8 Å². The maximum absolute atomic E-state index is 12.1. The lowest BCUT2D eigenvalue weighted by Gasteiger charge is -2.12. The molecule has 0 aliphatic heterocycles. The molecule has 0 unspecified atom stereocenters. The number of ether oxygens (including phenoxy) is 2. The first-order chi connectivity index (χ1) is 12.1. The van der Waals surface area contributed by atoms with Crippen molar-refractivity contribution in [1.29, 1.82) is 0 Å². The minimum atomic E-state index is -0.0746. The average Bonchev–Trinajstić information content (AvgIpc) is 2.61.